The summed E-state index contributed by atoms with van der Waals surface area (Å²) in [7, 11) is 1.44. The van der Waals surface area contributed by atoms with Crippen LogP contribution in [0, 0.1) is 5.92 Å². The number of hydrogen-bond donors (Lipinski definition) is 1. The fourth-order valence-corrected chi connectivity index (χ4v) is 3.04. The van der Waals surface area contributed by atoms with Crippen molar-refractivity contribution in [2.45, 2.75) is 18.9 Å². The Morgan fingerprint density at radius 1 is 1.44 bits per heavy atom. The number of carbonyl (C=O) groups excluding carboxylic acids is 1. The predicted molar refractivity (Wildman–Crippen MR) is 66.2 cm³/mol. The molecule has 1 atom stereocenters. The largest absolute Gasteiger partial charge is 0.508 e. The number of benzene rings is 1. The van der Waals surface area contributed by atoms with E-state index in [0.717, 1.165) is 25.9 Å². The minimum Gasteiger partial charge on any atom is -0.508 e. The molecule has 3 rings (SSSR count). The molecule has 0 radical (unpaired) electrons. The van der Waals surface area contributed by atoms with Gasteiger partial charge >= 0.3 is 5.97 Å². The van der Waals surface area contributed by atoms with Crippen LogP contribution in [0.2, 0.25) is 0 Å². The second-order valence-corrected chi connectivity index (χ2v) is 5.11. The normalized spacial score (nSPS) is 23.5. The Hall–Kier alpha value is -1.55. The molecule has 4 nitrogen and oxygen atoms in total. The van der Waals surface area contributed by atoms with Crippen LogP contribution in [0.5, 0.6) is 5.75 Å². The number of rotatable bonds is 2. The number of aryl methyl sites for hydroxylation is 1. The summed E-state index contributed by atoms with van der Waals surface area (Å²) in [4.78, 5) is 13.7. The van der Waals surface area contributed by atoms with Crippen LogP contribution >= 0.6 is 0 Å². The van der Waals surface area contributed by atoms with Crippen LogP contribution in [0.25, 0.3) is 0 Å². The van der Waals surface area contributed by atoms with Crippen molar-refractivity contribution >= 4 is 5.97 Å². The first-order valence-electron chi connectivity index (χ1n) is 6.32. The Bertz CT molecular complexity index is 480. The minimum absolute atomic E-state index is 0.0381. The average Bonchev–Trinajstić information content (AvgIpc) is 2.70. The second-order valence-electron chi connectivity index (χ2n) is 5.11. The highest BCUT2D eigenvalue weighted by molar-refractivity contribution is 5.73. The van der Waals surface area contributed by atoms with Gasteiger partial charge in [-0.2, -0.15) is 0 Å². The van der Waals surface area contributed by atoms with Crippen molar-refractivity contribution in [1.29, 1.82) is 0 Å². The minimum atomic E-state index is -0.102. The van der Waals surface area contributed by atoms with Gasteiger partial charge in [-0.15, -0.1) is 0 Å². The first-order chi connectivity index (χ1) is 8.69. The van der Waals surface area contributed by atoms with Gasteiger partial charge in [0.25, 0.3) is 0 Å². The maximum Gasteiger partial charge on any atom is 0.311 e. The SMILES string of the molecule is COC(=O)C1CN(C2CCc3cc(O)ccc32)C1. The lowest BCUT2D eigenvalue weighted by atomic mass is 9.95. The van der Waals surface area contributed by atoms with Crippen LogP contribution < -0.4 is 0 Å². The van der Waals surface area contributed by atoms with Crippen LogP contribution in [0.3, 0.4) is 0 Å². The van der Waals surface area contributed by atoms with E-state index in [1.54, 1.807) is 6.07 Å². The summed E-state index contributed by atoms with van der Waals surface area (Å²) in [6.45, 7) is 1.58. The van der Waals surface area contributed by atoms with E-state index in [4.69, 9.17) is 4.74 Å². The molecule has 0 aromatic heterocycles. The number of likely N-dealkylation sites (tertiary alicyclic amines) is 1. The lowest BCUT2D eigenvalue weighted by Gasteiger charge is -2.41. The van der Waals surface area contributed by atoms with Gasteiger partial charge in [0.05, 0.1) is 13.0 Å². The van der Waals surface area contributed by atoms with Gasteiger partial charge in [0.15, 0.2) is 0 Å². The number of ether oxygens (including phenoxy) is 1. The van der Waals surface area contributed by atoms with Gasteiger partial charge < -0.3 is 9.84 Å². The summed E-state index contributed by atoms with van der Waals surface area (Å²) in [6.07, 6.45) is 2.08. The van der Waals surface area contributed by atoms with E-state index in [1.807, 2.05) is 12.1 Å². The van der Waals surface area contributed by atoms with E-state index in [2.05, 4.69) is 4.90 Å². The molecule has 4 heteroatoms. The summed E-state index contributed by atoms with van der Waals surface area (Å²) >= 11 is 0. The molecule has 1 aliphatic carbocycles. The first-order valence-corrected chi connectivity index (χ1v) is 6.32. The molecule has 1 aromatic rings. The van der Waals surface area contributed by atoms with E-state index < -0.39 is 0 Å². The molecule has 1 saturated heterocycles. The third kappa shape index (κ3) is 1.77. The molecule has 1 N–H and O–H groups in total. The molecule has 1 unspecified atom stereocenters. The molecule has 2 aliphatic rings. The third-order valence-electron chi connectivity index (χ3n) is 4.06. The first kappa shape index (κ1) is 11.5. The van der Waals surface area contributed by atoms with Crippen molar-refractivity contribution < 1.29 is 14.6 Å². The van der Waals surface area contributed by atoms with E-state index in [1.165, 1.54) is 18.2 Å². The molecule has 1 fully saturated rings. The number of carbonyl (C=O) groups is 1. The fourth-order valence-electron chi connectivity index (χ4n) is 3.04. The zero-order valence-corrected chi connectivity index (χ0v) is 10.4. The lowest BCUT2D eigenvalue weighted by molar-refractivity contribution is -0.152. The number of nitrogens with zero attached hydrogens (tertiary/aromatic N) is 1. The van der Waals surface area contributed by atoms with Crippen LogP contribution in [0.15, 0.2) is 18.2 Å². The van der Waals surface area contributed by atoms with E-state index in [-0.39, 0.29) is 11.9 Å². The third-order valence-corrected chi connectivity index (χ3v) is 4.06. The number of fused-ring (bicyclic) bond motifs is 1. The van der Waals surface area contributed by atoms with Crippen molar-refractivity contribution in [1.82, 2.24) is 4.90 Å². The van der Waals surface area contributed by atoms with Gasteiger partial charge in [0.1, 0.15) is 5.75 Å². The number of hydrogen-bond acceptors (Lipinski definition) is 4. The molecule has 0 saturated carbocycles. The zero-order chi connectivity index (χ0) is 12.7. The number of esters is 1. The van der Waals surface area contributed by atoms with Crippen molar-refractivity contribution in [2.75, 3.05) is 20.2 Å². The second kappa shape index (κ2) is 4.28. The average molecular weight is 247 g/mol. The number of aromatic hydroxyl groups is 1. The van der Waals surface area contributed by atoms with Gasteiger partial charge in [0.2, 0.25) is 0 Å². The van der Waals surface area contributed by atoms with E-state index >= 15 is 0 Å². The van der Waals surface area contributed by atoms with Gasteiger partial charge in [-0.25, -0.2) is 0 Å². The topological polar surface area (TPSA) is 49.8 Å². The number of phenols is 1. The summed E-state index contributed by atoms with van der Waals surface area (Å²) in [5, 5.41) is 9.46. The molecule has 18 heavy (non-hydrogen) atoms. The van der Waals surface area contributed by atoms with E-state index in [9.17, 15) is 9.90 Å². The summed E-state index contributed by atoms with van der Waals surface area (Å²) in [5.41, 5.74) is 2.54. The molecule has 0 bridgehead atoms. The molecular formula is C14H17NO3. The van der Waals surface area contributed by atoms with Crippen molar-refractivity contribution in [3.05, 3.63) is 29.3 Å². The molecule has 96 valence electrons. The Balaban J connectivity index is 1.70. The van der Waals surface area contributed by atoms with Crippen LogP contribution in [0.1, 0.15) is 23.6 Å². The van der Waals surface area contributed by atoms with E-state index in [0.29, 0.717) is 11.8 Å². The quantitative estimate of drug-likeness (QED) is 0.804. The van der Waals surface area contributed by atoms with Crippen molar-refractivity contribution in [2.24, 2.45) is 5.92 Å². The molecule has 1 heterocycles. The number of phenolic OH excluding ortho intramolecular Hbond substituents is 1. The summed E-state index contributed by atoms with van der Waals surface area (Å²) in [5.74, 6) is 0.275. The van der Waals surface area contributed by atoms with Crippen LogP contribution in [0.4, 0.5) is 0 Å². The predicted octanol–water partition coefficient (Wildman–Crippen LogP) is 1.48. The van der Waals surface area contributed by atoms with Gasteiger partial charge in [0, 0.05) is 19.1 Å². The Morgan fingerprint density at radius 2 is 2.22 bits per heavy atom. The highest BCUT2D eigenvalue weighted by Crippen LogP contribution is 2.40. The molecule has 0 amide bonds. The highest BCUT2D eigenvalue weighted by Gasteiger charge is 2.39. The zero-order valence-electron chi connectivity index (χ0n) is 10.4. The van der Waals surface area contributed by atoms with Gasteiger partial charge in [-0.05, 0) is 36.1 Å². The Labute approximate surface area is 106 Å². The maximum absolute atomic E-state index is 11.4. The number of methoxy groups -OCH3 is 1. The standard InChI is InChI=1S/C14H17NO3/c1-18-14(17)10-7-15(8-10)13-5-2-9-6-11(16)3-4-12(9)13/h3-4,6,10,13,16H,2,5,7-8H2,1H3. The van der Waals surface area contributed by atoms with Crippen LogP contribution in [-0.2, 0) is 16.0 Å². The molecule has 1 aromatic carbocycles. The lowest BCUT2D eigenvalue weighted by Crippen LogP contribution is -2.51. The van der Waals surface area contributed by atoms with Crippen LogP contribution in [-0.4, -0.2) is 36.2 Å². The van der Waals surface area contributed by atoms with Crippen molar-refractivity contribution in [3.8, 4) is 5.75 Å². The molecule has 1 aliphatic heterocycles. The van der Waals surface area contributed by atoms with Gasteiger partial charge in [-0.1, -0.05) is 6.07 Å². The summed E-state index contributed by atoms with van der Waals surface area (Å²) < 4.78 is 4.75. The monoisotopic (exact) mass is 247 g/mol. The van der Waals surface area contributed by atoms with Gasteiger partial charge in [-0.3, -0.25) is 9.69 Å². The molecule has 0 spiro atoms. The Morgan fingerprint density at radius 3 is 2.94 bits per heavy atom. The smallest absolute Gasteiger partial charge is 0.311 e. The molecular weight excluding hydrogens is 230 g/mol. The van der Waals surface area contributed by atoms with Crippen molar-refractivity contribution in [3.63, 3.8) is 0 Å². The summed E-state index contributed by atoms with van der Waals surface area (Å²) in [6, 6.07) is 6.01. The maximum atomic E-state index is 11.4. The fraction of sp³-hybridized carbons (Fsp3) is 0.500. The Kier molecular flexibility index (Phi) is 2.74. The highest BCUT2D eigenvalue weighted by atomic mass is 16.5.